The first kappa shape index (κ1) is 14.2. The molecule has 2 fully saturated rings. The summed E-state index contributed by atoms with van der Waals surface area (Å²) in [4.78, 5) is 25.6. The number of nitrogens with one attached hydrogen (secondary N) is 1. The Balaban J connectivity index is 1.82. The van der Waals surface area contributed by atoms with Gasteiger partial charge in [0.1, 0.15) is 0 Å². The highest BCUT2D eigenvalue weighted by Gasteiger charge is 2.30. The van der Waals surface area contributed by atoms with Crippen molar-refractivity contribution in [2.45, 2.75) is 51.5 Å². The van der Waals surface area contributed by atoms with E-state index in [1.807, 2.05) is 6.92 Å². The summed E-state index contributed by atoms with van der Waals surface area (Å²) in [5.41, 5.74) is 0. The molecule has 2 amide bonds. The molecule has 5 nitrogen and oxygen atoms in total. The number of urea groups is 1. The lowest BCUT2D eigenvalue weighted by atomic mass is 9.98. The van der Waals surface area contributed by atoms with Crippen LogP contribution >= 0.6 is 0 Å². The second kappa shape index (κ2) is 6.78. The van der Waals surface area contributed by atoms with Gasteiger partial charge >= 0.3 is 12.0 Å². The van der Waals surface area contributed by atoms with Crippen LogP contribution in [0.1, 0.15) is 45.4 Å². The van der Waals surface area contributed by atoms with Crippen molar-refractivity contribution >= 4 is 12.0 Å². The van der Waals surface area contributed by atoms with E-state index in [2.05, 4.69) is 5.32 Å². The number of ether oxygens (including phenoxy) is 1. The fraction of sp³-hybridized carbons (Fsp3) is 0.857. The third-order valence-corrected chi connectivity index (χ3v) is 4.01. The van der Waals surface area contributed by atoms with Crippen molar-refractivity contribution in [1.82, 2.24) is 10.2 Å². The maximum atomic E-state index is 12.1. The average molecular weight is 268 g/mol. The topological polar surface area (TPSA) is 58.6 Å². The Morgan fingerprint density at radius 3 is 2.63 bits per heavy atom. The number of hydrogen-bond acceptors (Lipinski definition) is 3. The molecule has 108 valence electrons. The molecule has 0 spiro atoms. The fourth-order valence-electron chi connectivity index (χ4n) is 2.95. The summed E-state index contributed by atoms with van der Waals surface area (Å²) < 4.78 is 5.05. The van der Waals surface area contributed by atoms with Gasteiger partial charge in [0, 0.05) is 19.1 Å². The molecule has 2 rings (SSSR count). The Labute approximate surface area is 114 Å². The molecule has 1 saturated heterocycles. The van der Waals surface area contributed by atoms with Crippen LogP contribution in [0.2, 0.25) is 0 Å². The zero-order valence-corrected chi connectivity index (χ0v) is 11.7. The number of esters is 1. The van der Waals surface area contributed by atoms with Crippen molar-refractivity contribution in [2.24, 2.45) is 5.92 Å². The van der Waals surface area contributed by atoms with E-state index in [4.69, 9.17) is 4.74 Å². The van der Waals surface area contributed by atoms with E-state index in [-0.39, 0.29) is 17.9 Å². The summed E-state index contributed by atoms with van der Waals surface area (Å²) in [5.74, 6) is -0.316. The van der Waals surface area contributed by atoms with Gasteiger partial charge in [-0.25, -0.2) is 4.79 Å². The number of nitrogens with zero attached hydrogens (tertiary/aromatic N) is 1. The first-order valence-corrected chi connectivity index (χ1v) is 7.42. The standard InChI is InChI=1S/C14H24N2O3/c1-2-19-13(17)11-6-5-9-16(10-11)14(18)15-12-7-3-4-8-12/h11-12H,2-10H2,1H3,(H,15,18)/t11-/m1/s1. The monoisotopic (exact) mass is 268 g/mol. The molecule has 1 N–H and O–H groups in total. The van der Waals surface area contributed by atoms with Crippen LogP contribution in [0.3, 0.4) is 0 Å². The van der Waals surface area contributed by atoms with Crippen molar-refractivity contribution < 1.29 is 14.3 Å². The molecule has 0 unspecified atom stereocenters. The molecule has 0 aromatic heterocycles. The molecule has 0 aromatic rings. The van der Waals surface area contributed by atoms with Crippen molar-refractivity contribution in [1.29, 1.82) is 0 Å². The molecule has 0 bridgehead atoms. The van der Waals surface area contributed by atoms with Crippen molar-refractivity contribution in [3.8, 4) is 0 Å². The molecule has 0 radical (unpaired) electrons. The Morgan fingerprint density at radius 1 is 1.21 bits per heavy atom. The first-order chi connectivity index (χ1) is 9.20. The molecule has 19 heavy (non-hydrogen) atoms. The number of hydrogen-bond donors (Lipinski definition) is 1. The summed E-state index contributed by atoms with van der Waals surface area (Å²) in [6.45, 7) is 3.46. The van der Waals surface area contributed by atoms with Gasteiger partial charge in [-0.2, -0.15) is 0 Å². The van der Waals surface area contributed by atoms with Gasteiger partial charge in [-0.15, -0.1) is 0 Å². The van der Waals surface area contributed by atoms with Crippen molar-refractivity contribution in [3.63, 3.8) is 0 Å². The molecule has 1 aliphatic heterocycles. The molecule has 1 atom stereocenters. The largest absolute Gasteiger partial charge is 0.466 e. The summed E-state index contributed by atoms with van der Waals surface area (Å²) in [6, 6.07) is 0.316. The Kier molecular flexibility index (Phi) is 5.05. The van der Waals surface area contributed by atoms with E-state index in [0.29, 0.717) is 19.2 Å². The Morgan fingerprint density at radius 2 is 1.95 bits per heavy atom. The highest BCUT2D eigenvalue weighted by molar-refractivity contribution is 5.77. The lowest BCUT2D eigenvalue weighted by molar-refractivity contribution is -0.149. The zero-order valence-electron chi connectivity index (χ0n) is 11.7. The lowest BCUT2D eigenvalue weighted by Crippen LogP contribution is -2.49. The number of amides is 2. The van der Waals surface area contributed by atoms with Crippen LogP contribution in [0.25, 0.3) is 0 Å². The van der Waals surface area contributed by atoms with Gasteiger partial charge in [0.25, 0.3) is 0 Å². The van der Waals surface area contributed by atoms with Gasteiger partial charge in [-0.3, -0.25) is 4.79 Å². The zero-order chi connectivity index (χ0) is 13.7. The van der Waals surface area contributed by atoms with Gasteiger partial charge in [-0.05, 0) is 32.6 Å². The van der Waals surface area contributed by atoms with Gasteiger partial charge in [-0.1, -0.05) is 12.8 Å². The number of rotatable bonds is 3. The fourth-order valence-corrected chi connectivity index (χ4v) is 2.95. The molecular weight excluding hydrogens is 244 g/mol. The number of piperidine rings is 1. The molecular formula is C14H24N2O3. The van der Waals surface area contributed by atoms with Gasteiger partial charge in [0.15, 0.2) is 0 Å². The minimum Gasteiger partial charge on any atom is -0.466 e. The second-order valence-electron chi connectivity index (χ2n) is 5.47. The minimum absolute atomic E-state index is 0.0131. The maximum Gasteiger partial charge on any atom is 0.317 e. The smallest absolute Gasteiger partial charge is 0.317 e. The van der Waals surface area contributed by atoms with Crippen molar-refractivity contribution in [3.05, 3.63) is 0 Å². The SMILES string of the molecule is CCOC(=O)[C@@H]1CCCN(C(=O)NC2CCCC2)C1. The van der Waals surface area contributed by atoms with E-state index in [1.165, 1.54) is 12.8 Å². The quantitative estimate of drug-likeness (QED) is 0.795. The van der Waals surface area contributed by atoms with Crippen LogP contribution < -0.4 is 5.32 Å². The van der Waals surface area contributed by atoms with E-state index in [1.54, 1.807) is 4.90 Å². The Bertz CT molecular complexity index is 327. The van der Waals surface area contributed by atoms with Crippen LogP contribution in [-0.2, 0) is 9.53 Å². The summed E-state index contributed by atoms with van der Waals surface area (Å²) in [7, 11) is 0. The van der Waals surface area contributed by atoms with Crippen LogP contribution in [0, 0.1) is 5.92 Å². The second-order valence-corrected chi connectivity index (χ2v) is 5.47. The van der Waals surface area contributed by atoms with E-state index in [0.717, 1.165) is 32.2 Å². The Hall–Kier alpha value is -1.26. The summed E-state index contributed by atoms with van der Waals surface area (Å²) in [6.07, 6.45) is 6.28. The minimum atomic E-state index is -0.166. The molecule has 5 heteroatoms. The molecule has 1 heterocycles. The van der Waals surface area contributed by atoms with Crippen LogP contribution in [0.15, 0.2) is 0 Å². The van der Waals surface area contributed by atoms with Gasteiger partial charge in [0.2, 0.25) is 0 Å². The number of likely N-dealkylation sites (tertiary alicyclic amines) is 1. The van der Waals surface area contributed by atoms with Crippen LogP contribution in [0.4, 0.5) is 4.79 Å². The highest BCUT2D eigenvalue weighted by Crippen LogP contribution is 2.20. The summed E-state index contributed by atoms with van der Waals surface area (Å²) >= 11 is 0. The molecule has 0 aromatic carbocycles. The molecule has 1 aliphatic carbocycles. The lowest BCUT2D eigenvalue weighted by Gasteiger charge is -2.32. The third kappa shape index (κ3) is 3.85. The van der Waals surface area contributed by atoms with Gasteiger partial charge < -0.3 is 15.0 Å². The molecule has 1 saturated carbocycles. The van der Waals surface area contributed by atoms with E-state index in [9.17, 15) is 9.59 Å². The van der Waals surface area contributed by atoms with E-state index < -0.39 is 0 Å². The van der Waals surface area contributed by atoms with Gasteiger partial charge in [0.05, 0.1) is 12.5 Å². The van der Waals surface area contributed by atoms with Crippen molar-refractivity contribution in [2.75, 3.05) is 19.7 Å². The number of carbonyl (C=O) groups is 2. The first-order valence-electron chi connectivity index (χ1n) is 7.42. The summed E-state index contributed by atoms with van der Waals surface area (Å²) in [5, 5.41) is 3.07. The highest BCUT2D eigenvalue weighted by atomic mass is 16.5. The third-order valence-electron chi connectivity index (χ3n) is 4.01. The average Bonchev–Trinajstić information content (AvgIpc) is 2.92. The maximum absolute atomic E-state index is 12.1. The predicted octanol–water partition coefficient (Wildman–Crippen LogP) is 1.91. The number of carbonyl (C=O) groups excluding carboxylic acids is 2. The van der Waals surface area contributed by atoms with E-state index >= 15 is 0 Å². The van der Waals surface area contributed by atoms with Crippen LogP contribution in [-0.4, -0.2) is 42.6 Å². The predicted molar refractivity (Wildman–Crippen MR) is 71.7 cm³/mol. The normalized spacial score (nSPS) is 24.3. The molecule has 2 aliphatic rings. The van der Waals surface area contributed by atoms with Crippen LogP contribution in [0.5, 0.6) is 0 Å².